The van der Waals surface area contributed by atoms with Gasteiger partial charge in [0.2, 0.25) is 5.91 Å². The van der Waals surface area contributed by atoms with Crippen LogP contribution in [0.4, 0.5) is 5.00 Å². The molecule has 1 saturated heterocycles. The number of carbonyl (C=O) groups excluding carboxylic acids is 2. The zero-order valence-electron chi connectivity index (χ0n) is 13.8. The Labute approximate surface area is 140 Å². The average molecular weight is 336 g/mol. The van der Waals surface area contributed by atoms with Crippen LogP contribution in [0.15, 0.2) is 0 Å². The molecule has 1 fully saturated rings. The topological polar surface area (TPSA) is 64.7 Å². The van der Waals surface area contributed by atoms with E-state index < -0.39 is 0 Å². The molecule has 3 heterocycles. The van der Waals surface area contributed by atoms with Gasteiger partial charge in [-0.15, -0.1) is 11.3 Å². The Balaban J connectivity index is 1.95. The second-order valence-electron chi connectivity index (χ2n) is 6.14. The summed E-state index contributed by atoms with van der Waals surface area (Å²) in [5, 5.41) is 6.96. The van der Waals surface area contributed by atoms with Gasteiger partial charge in [0.15, 0.2) is 0 Å². The van der Waals surface area contributed by atoms with E-state index in [0.29, 0.717) is 6.42 Å². The van der Waals surface area contributed by atoms with Crippen molar-refractivity contribution in [2.24, 2.45) is 0 Å². The van der Waals surface area contributed by atoms with Crippen LogP contribution in [0.1, 0.15) is 34.1 Å². The maximum Gasteiger partial charge on any atom is 0.257 e. The van der Waals surface area contributed by atoms with Crippen molar-refractivity contribution in [1.82, 2.24) is 15.1 Å². The first kappa shape index (κ1) is 16.4. The monoisotopic (exact) mass is 336 g/mol. The summed E-state index contributed by atoms with van der Waals surface area (Å²) >= 11 is 1.56. The maximum absolute atomic E-state index is 13.0. The summed E-state index contributed by atoms with van der Waals surface area (Å²) < 4.78 is 0. The van der Waals surface area contributed by atoms with Crippen molar-refractivity contribution in [3.63, 3.8) is 0 Å². The summed E-state index contributed by atoms with van der Waals surface area (Å²) in [6, 6.07) is 0. The minimum absolute atomic E-state index is 0.0358. The molecule has 6 nitrogen and oxygen atoms in total. The molecule has 0 radical (unpaired) electrons. The molecule has 0 aliphatic carbocycles. The van der Waals surface area contributed by atoms with Crippen LogP contribution in [0.25, 0.3) is 0 Å². The number of likely N-dealkylation sites (N-methyl/N-ethyl adjacent to an activating group) is 1. The molecule has 2 N–H and O–H groups in total. The Hall–Kier alpha value is -1.44. The lowest BCUT2D eigenvalue weighted by Gasteiger charge is -2.29. The Bertz CT molecular complexity index is 607. The molecule has 0 atom stereocenters. The third-order valence-electron chi connectivity index (χ3n) is 4.44. The Kier molecular flexibility index (Phi) is 4.99. The fourth-order valence-corrected chi connectivity index (χ4v) is 4.42. The van der Waals surface area contributed by atoms with Crippen LogP contribution in [0, 0.1) is 0 Å². The highest BCUT2D eigenvalue weighted by molar-refractivity contribution is 7.17. The van der Waals surface area contributed by atoms with Crippen molar-refractivity contribution < 1.29 is 9.59 Å². The first-order chi connectivity index (χ1) is 11.1. The fourth-order valence-electron chi connectivity index (χ4n) is 3.09. The number of hydrogen-bond donors (Lipinski definition) is 2. The molecule has 2 aliphatic heterocycles. The van der Waals surface area contributed by atoms with Gasteiger partial charge < -0.3 is 20.4 Å². The number of amides is 2. The Morgan fingerprint density at radius 1 is 1.26 bits per heavy atom. The normalized spacial score (nSPS) is 18.6. The highest BCUT2D eigenvalue weighted by Gasteiger charge is 2.30. The first-order valence-electron chi connectivity index (χ1n) is 8.23. The van der Waals surface area contributed by atoms with E-state index in [0.717, 1.165) is 61.8 Å². The molecule has 7 heteroatoms. The molecule has 0 unspecified atom stereocenters. The smallest absolute Gasteiger partial charge is 0.257 e. The van der Waals surface area contributed by atoms with Gasteiger partial charge in [-0.1, -0.05) is 6.92 Å². The molecule has 126 valence electrons. The van der Waals surface area contributed by atoms with Crippen molar-refractivity contribution in [2.75, 3.05) is 45.1 Å². The summed E-state index contributed by atoms with van der Waals surface area (Å²) in [5.74, 6) is 0.0336. The lowest BCUT2D eigenvalue weighted by Crippen LogP contribution is -2.46. The number of anilines is 1. The van der Waals surface area contributed by atoms with Gasteiger partial charge in [-0.2, -0.15) is 0 Å². The third-order valence-corrected chi connectivity index (χ3v) is 5.57. The van der Waals surface area contributed by atoms with E-state index in [1.165, 1.54) is 4.88 Å². The number of nitrogens with zero attached hydrogens (tertiary/aromatic N) is 2. The number of rotatable bonds is 3. The molecule has 3 rings (SSSR count). The largest absolute Gasteiger partial charge is 0.336 e. The molecule has 0 aromatic carbocycles. The lowest BCUT2D eigenvalue weighted by atomic mass is 10.0. The van der Waals surface area contributed by atoms with Gasteiger partial charge in [0.1, 0.15) is 5.00 Å². The summed E-state index contributed by atoms with van der Waals surface area (Å²) in [7, 11) is 2.09. The van der Waals surface area contributed by atoms with Crippen LogP contribution in [-0.2, 0) is 17.8 Å². The molecule has 0 saturated carbocycles. The molecule has 2 aliphatic rings. The molecule has 23 heavy (non-hydrogen) atoms. The molecular formula is C16H24N4O2S. The molecule has 0 spiro atoms. The van der Waals surface area contributed by atoms with Crippen molar-refractivity contribution in [1.29, 1.82) is 0 Å². The average Bonchev–Trinajstić information content (AvgIpc) is 2.91. The van der Waals surface area contributed by atoms with Gasteiger partial charge in [0, 0.05) is 50.6 Å². The van der Waals surface area contributed by atoms with Crippen LogP contribution in [-0.4, -0.2) is 61.4 Å². The number of thiophene rings is 1. The zero-order valence-corrected chi connectivity index (χ0v) is 14.6. The van der Waals surface area contributed by atoms with Crippen molar-refractivity contribution in [3.05, 3.63) is 16.0 Å². The Morgan fingerprint density at radius 2 is 2.00 bits per heavy atom. The predicted molar refractivity (Wildman–Crippen MR) is 92.1 cm³/mol. The number of piperazine rings is 1. The van der Waals surface area contributed by atoms with Crippen LogP contribution in [0.5, 0.6) is 0 Å². The first-order valence-corrected chi connectivity index (χ1v) is 9.04. The van der Waals surface area contributed by atoms with E-state index in [1.54, 1.807) is 11.3 Å². The predicted octanol–water partition coefficient (Wildman–Crippen LogP) is 1.13. The van der Waals surface area contributed by atoms with Gasteiger partial charge in [-0.05, 0) is 19.0 Å². The molecule has 2 amide bonds. The maximum atomic E-state index is 13.0. The molecule has 1 aromatic rings. The standard InChI is InChI=1S/C16H24N4O2S/c1-3-13(21)18-15-14(16(22)20-8-5-17-6-9-20)11-4-7-19(2)10-12(11)23-15/h17H,3-10H2,1-2H3,(H,18,21). The Morgan fingerprint density at radius 3 is 2.70 bits per heavy atom. The zero-order chi connectivity index (χ0) is 16.4. The van der Waals surface area contributed by atoms with Crippen LogP contribution >= 0.6 is 11.3 Å². The van der Waals surface area contributed by atoms with E-state index in [2.05, 4.69) is 22.6 Å². The summed E-state index contributed by atoms with van der Waals surface area (Å²) in [4.78, 5) is 30.3. The van der Waals surface area contributed by atoms with E-state index in [9.17, 15) is 9.59 Å². The van der Waals surface area contributed by atoms with E-state index in [1.807, 2.05) is 11.8 Å². The number of fused-ring (bicyclic) bond motifs is 1. The van der Waals surface area contributed by atoms with E-state index in [-0.39, 0.29) is 11.8 Å². The summed E-state index contributed by atoms with van der Waals surface area (Å²) in [5.41, 5.74) is 1.88. The van der Waals surface area contributed by atoms with E-state index in [4.69, 9.17) is 0 Å². The second-order valence-corrected chi connectivity index (χ2v) is 7.24. The van der Waals surface area contributed by atoms with Gasteiger partial charge in [-0.25, -0.2) is 0 Å². The number of hydrogen-bond acceptors (Lipinski definition) is 5. The third kappa shape index (κ3) is 3.41. The fraction of sp³-hybridized carbons (Fsp3) is 0.625. The van der Waals surface area contributed by atoms with Crippen LogP contribution in [0.2, 0.25) is 0 Å². The highest BCUT2D eigenvalue weighted by Crippen LogP contribution is 2.37. The number of nitrogens with one attached hydrogen (secondary N) is 2. The van der Waals surface area contributed by atoms with Crippen molar-refractivity contribution in [2.45, 2.75) is 26.3 Å². The van der Waals surface area contributed by atoms with Crippen molar-refractivity contribution in [3.8, 4) is 0 Å². The molecule has 1 aromatic heterocycles. The van der Waals surface area contributed by atoms with Gasteiger partial charge in [-0.3, -0.25) is 9.59 Å². The van der Waals surface area contributed by atoms with Gasteiger partial charge in [0.05, 0.1) is 5.56 Å². The van der Waals surface area contributed by atoms with Crippen molar-refractivity contribution >= 4 is 28.2 Å². The van der Waals surface area contributed by atoms with Gasteiger partial charge >= 0.3 is 0 Å². The van der Waals surface area contributed by atoms with Crippen LogP contribution in [0.3, 0.4) is 0 Å². The summed E-state index contributed by atoms with van der Waals surface area (Å²) in [6.07, 6.45) is 1.29. The number of carbonyl (C=O) groups is 2. The molecular weight excluding hydrogens is 312 g/mol. The summed E-state index contributed by atoms with van der Waals surface area (Å²) in [6.45, 7) is 6.74. The second kappa shape index (κ2) is 6.98. The quantitative estimate of drug-likeness (QED) is 0.868. The lowest BCUT2D eigenvalue weighted by molar-refractivity contribution is -0.115. The minimum atomic E-state index is -0.0358. The molecule has 0 bridgehead atoms. The van der Waals surface area contributed by atoms with Crippen LogP contribution < -0.4 is 10.6 Å². The van der Waals surface area contributed by atoms with E-state index >= 15 is 0 Å². The van der Waals surface area contributed by atoms with Gasteiger partial charge in [0.25, 0.3) is 5.91 Å². The SMILES string of the molecule is CCC(=O)Nc1sc2c(c1C(=O)N1CCNCC1)CCN(C)C2. The minimum Gasteiger partial charge on any atom is -0.336 e. The highest BCUT2D eigenvalue weighted by atomic mass is 32.1.